The fourth-order valence-corrected chi connectivity index (χ4v) is 2.39. The molecule has 3 heteroatoms. The third-order valence-corrected chi connectivity index (χ3v) is 3.42. The van der Waals surface area contributed by atoms with Crippen LogP contribution in [0.15, 0.2) is 34.9 Å². The summed E-state index contributed by atoms with van der Waals surface area (Å²) in [5.74, 6) is 0.943. The van der Waals surface area contributed by atoms with Crippen molar-refractivity contribution in [2.45, 2.75) is 27.3 Å². The first-order chi connectivity index (χ1) is 8.56. The Bertz CT molecular complexity index is 513. The third-order valence-electron chi connectivity index (χ3n) is 2.99. The predicted octanol–water partition coefficient (Wildman–Crippen LogP) is 4.38. The monoisotopic (exact) mass is 304 g/mol. The average Bonchev–Trinajstić information content (AvgIpc) is 2.30. The van der Waals surface area contributed by atoms with Gasteiger partial charge < -0.3 is 5.32 Å². The van der Waals surface area contributed by atoms with Crippen LogP contribution in [0.3, 0.4) is 0 Å². The van der Waals surface area contributed by atoms with Crippen molar-refractivity contribution in [1.82, 2.24) is 4.98 Å². The lowest BCUT2D eigenvalue weighted by atomic mass is 10.1. The number of aryl methyl sites for hydroxylation is 3. The summed E-state index contributed by atoms with van der Waals surface area (Å²) in [6, 6.07) is 8.59. The number of nitrogens with zero attached hydrogens (tertiary/aromatic N) is 1. The van der Waals surface area contributed by atoms with Crippen LogP contribution in [0.5, 0.6) is 0 Å². The summed E-state index contributed by atoms with van der Waals surface area (Å²) in [6.07, 6.45) is 1.82. The third kappa shape index (κ3) is 3.10. The van der Waals surface area contributed by atoms with E-state index in [4.69, 9.17) is 0 Å². The van der Waals surface area contributed by atoms with E-state index in [1.54, 1.807) is 0 Å². The first kappa shape index (κ1) is 13.1. The van der Waals surface area contributed by atoms with Crippen LogP contribution in [0, 0.1) is 20.8 Å². The van der Waals surface area contributed by atoms with Crippen LogP contribution >= 0.6 is 15.9 Å². The van der Waals surface area contributed by atoms with Crippen molar-refractivity contribution in [2.24, 2.45) is 0 Å². The van der Waals surface area contributed by atoms with Gasteiger partial charge in [0.05, 0.1) is 0 Å². The van der Waals surface area contributed by atoms with Gasteiger partial charge in [-0.3, -0.25) is 0 Å². The fourth-order valence-electron chi connectivity index (χ4n) is 1.95. The van der Waals surface area contributed by atoms with Gasteiger partial charge in [0, 0.05) is 17.2 Å². The minimum Gasteiger partial charge on any atom is -0.366 e. The van der Waals surface area contributed by atoms with Crippen molar-refractivity contribution in [3.63, 3.8) is 0 Å². The first-order valence-corrected chi connectivity index (χ1v) is 6.77. The van der Waals surface area contributed by atoms with Crippen molar-refractivity contribution in [2.75, 3.05) is 5.32 Å². The minimum atomic E-state index is 0.807. The molecule has 0 saturated carbocycles. The molecule has 2 nitrogen and oxygen atoms in total. The second-order valence-electron chi connectivity index (χ2n) is 4.60. The summed E-state index contributed by atoms with van der Waals surface area (Å²) in [5.41, 5.74) is 5.07. The van der Waals surface area contributed by atoms with Crippen LogP contribution in [-0.4, -0.2) is 4.98 Å². The maximum Gasteiger partial charge on any atom is 0.129 e. The van der Waals surface area contributed by atoms with Crippen LogP contribution in [0.1, 0.15) is 22.3 Å². The van der Waals surface area contributed by atoms with Gasteiger partial charge in [0.15, 0.2) is 0 Å². The smallest absolute Gasteiger partial charge is 0.129 e. The number of aromatic nitrogens is 1. The first-order valence-electron chi connectivity index (χ1n) is 5.98. The lowest BCUT2D eigenvalue weighted by Gasteiger charge is -2.11. The summed E-state index contributed by atoms with van der Waals surface area (Å²) in [7, 11) is 0. The Morgan fingerprint density at radius 2 is 1.89 bits per heavy atom. The molecule has 2 aromatic rings. The van der Waals surface area contributed by atoms with E-state index >= 15 is 0 Å². The molecule has 0 fully saturated rings. The number of hydrogen-bond acceptors (Lipinski definition) is 2. The normalized spacial score (nSPS) is 10.4. The molecule has 1 aromatic heterocycles. The lowest BCUT2D eigenvalue weighted by molar-refractivity contribution is 1.07. The zero-order chi connectivity index (χ0) is 13.1. The molecule has 0 aliphatic heterocycles. The number of anilines is 1. The highest BCUT2D eigenvalue weighted by Crippen LogP contribution is 2.18. The molecule has 0 unspecified atom stereocenters. The maximum atomic E-state index is 4.38. The van der Waals surface area contributed by atoms with Crippen LogP contribution < -0.4 is 5.32 Å². The number of rotatable bonds is 3. The zero-order valence-electron chi connectivity index (χ0n) is 10.9. The standard InChI is InChI=1S/C15H17BrN2/c1-10-4-5-13(11(2)6-10)8-17-15-12(3)7-14(16)9-18-15/h4-7,9H,8H2,1-3H3,(H,17,18). The van der Waals surface area contributed by atoms with Crippen molar-refractivity contribution >= 4 is 21.7 Å². The molecule has 0 aliphatic carbocycles. The van der Waals surface area contributed by atoms with E-state index in [9.17, 15) is 0 Å². The minimum absolute atomic E-state index is 0.807. The highest BCUT2D eigenvalue weighted by Gasteiger charge is 2.02. The van der Waals surface area contributed by atoms with Gasteiger partial charge in [-0.25, -0.2) is 4.98 Å². The molecule has 2 rings (SSSR count). The molecule has 1 heterocycles. The molecule has 0 atom stereocenters. The van der Waals surface area contributed by atoms with E-state index < -0.39 is 0 Å². The predicted molar refractivity (Wildman–Crippen MR) is 79.9 cm³/mol. The fraction of sp³-hybridized carbons (Fsp3) is 0.267. The van der Waals surface area contributed by atoms with E-state index in [2.05, 4.69) is 71.3 Å². The quantitative estimate of drug-likeness (QED) is 0.910. The second kappa shape index (κ2) is 5.53. The Labute approximate surface area is 117 Å². The van der Waals surface area contributed by atoms with Gasteiger partial charge in [0.25, 0.3) is 0 Å². The Hall–Kier alpha value is -1.35. The lowest BCUT2D eigenvalue weighted by Crippen LogP contribution is -2.04. The van der Waals surface area contributed by atoms with Gasteiger partial charge in [-0.2, -0.15) is 0 Å². The zero-order valence-corrected chi connectivity index (χ0v) is 12.5. The molecule has 0 radical (unpaired) electrons. The van der Waals surface area contributed by atoms with Crippen LogP contribution in [0.2, 0.25) is 0 Å². The largest absolute Gasteiger partial charge is 0.366 e. The summed E-state index contributed by atoms with van der Waals surface area (Å²) in [6.45, 7) is 7.13. The number of halogens is 1. The van der Waals surface area contributed by atoms with Gasteiger partial charge in [-0.1, -0.05) is 23.8 Å². The Kier molecular flexibility index (Phi) is 4.02. The average molecular weight is 305 g/mol. The summed E-state index contributed by atoms with van der Waals surface area (Å²) in [4.78, 5) is 4.38. The Balaban J connectivity index is 2.11. The van der Waals surface area contributed by atoms with E-state index in [1.807, 2.05) is 6.20 Å². The molecule has 94 valence electrons. The molecule has 0 aliphatic rings. The van der Waals surface area contributed by atoms with Gasteiger partial charge in [0.2, 0.25) is 0 Å². The topological polar surface area (TPSA) is 24.9 Å². The maximum absolute atomic E-state index is 4.38. The van der Waals surface area contributed by atoms with Crippen molar-refractivity contribution in [1.29, 1.82) is 0 Å². The van der Waals surface area contributed by atoms with Crippen LogP contribution in [0.25, 0.3) is 0 Å². The number of benzene rings is 1. The highest BCUT2D eigenvalue weighted by molar-refractivity contribution is 9.10. The van der Waals surface area contributed by atoms with E-state index in [0.717, 1.165) is 22.4 Å². The van der Waals surface area contributed by atoms with Crippen LogP contribution in [-0.2, 0) is 6.54 Å². The molecular weight excluding hydrogens is 288 g/mol. The molecule has 0 saturated heterocycles. The molecule has 0 amide bonds. The molecule has 1 aromatic carbocycles. The number of hydrogen-bond donors (Lipinski definition) is 1. The molecule has 0 spiro atoms. The number of nitrogens with one attached hydrogen (secondary N) is 1. The highest BCUT2D eigenvalue weighted by atomic mass is 79.9. The summed E-state index contributed by atoms with van der Waals surface area (Å²) < 4.78 is 1.01. The van der Waals surface area contributed by atoms with Crippen LogP contribution in [0.4, 0.5) is 5.82 Å². The SMILES string of the molecule is Cc1ccc(CNc2ncc(Br)cc2C)c(C)c1. The van der Waals surface area contributed by atoms with Crippen molar-refractivity contribution in [3.05, 3.63) is 57.2 Å². The molecule has 0 bridgehead atoms. The molecule has 18 heavy (non-hydrogen) atoms. The Morgan fingerprint density at radius 1 is 1.11 bits per heavy atom. The van der Waals surface area contributed by atoms with Crippen molar-refractivity contribution < 1.29 is 0 Å². The number of pyridine rings is 1. The van der Waals surface area contributed by atoms with E-state index in [1.165, 1.54) is 16.7 Å². The molecule has 1 N–H and O–H groups in total. The second-order valence-corrected chi connectivity index (χ2v) is 5.52. The van der Waals surface area contributed by atoms with Gasteiger partial charge >= 0.3 is 0 Å². The molecular formula is C15H17BrN2. The van der Waals surface area contributed by atoms with Crippen molar-refractivity contribution in [3.8, 4) is 0 Å². The summed E-state index contributed by atoms with van der Waals surface area (Å²) >= 11 is 3.42. The van der Waals surface area contributed by atoms with E-state index in [0.29, 0.717) is 0 Å². The van der Waals surface area contributed by atoms with Gasteiger partial charge in [0.1, 0.15) is 5.82 Å². The van der Waals surface area contributed by atoms with E-state index in [-0.39, 0.29) is 0 Å². The Morgan fingerprint density at radius 3 is 2.56 bits per heavy atom. The van der Waals surface area contributed by atoms with Gasteiger partial charge in [-0.15, -0.1) is 0 Å². The summed E-state index contributed by atoms with van der Waals surface area (Å²) in [5, 5.41) is 3.38. The van der Waals surface area contributed by atoms with Gasteiger partial charge in [-0.05, 0) is 59.5 Å².